The highest BCUT2D eigenvalue weighted by Crippen LogP contribution is 2.25. The van der Waals surface area contributed by atoms with E-state index >= 15 is 0 Å². The second kappa shape index (κ2) is 5.23. The maximum Gasteiger partial charge on any atom is 0.197 e. The highest BCUT2D eigenvalue weighted by molar-refractivity contribution is 6.36. The highest BCUT2D eigenvalue weighted by Gasteiger charge is 2.20. The molecule has 2 aromatic carbocycles. The topological polar surface area (TPSA) is 17.1 Å². The first-order valence-electron chi connectivity index (χ1n) is 5.04. The van der Waals surface area contributed by atoms with Gasteiger partial charge < -0.3 is 0 Å². The summed E-state index contributed by atoms with van der Waals surface area (Å²) in [5.74, 6) is -4.72. The van der Waals surface area contributed by atoms with Crippen molar-refractivity contribution in [2.45, 2.75) is 0 Å². The Morgan fingerprint density at radius 1 is 0.842 bits per heavy atom. The van der Waals surface area contributed by atoms with Crippen molar-refractivity contribution in [3.05, 3.63) is 69.0 Å². The van der Waals surface area contributed by atoms with E-state index in [0.717, 1.165) is 0 Å². The maximum absolute atomic E-state index is 13.5. The number of hydrogen-bond acceptors (Lipinski definition) is 1. The van der Waals surface area contributed by atoms with E-state index in [1.54, 1.807) is 0 Å². The lowest BCUT2D eigenvalue weighted by atomic mass is 10.0. The minimum Gasteiger partial charge on any atom is -0.288 e. The third-order valence-electron chi connectivity index (χ3n) is 2.43. The molecule has 0 N–H and O–H groups in total. The van der Waals surface area contributed by atoms with Crippen LogP contribution >= 0.6 is 23.2 Å². The lowest BCUT2D eigenvalue weighted by Gasteiger charge is -2.06. The fraction of sp³-hybridized carbons (Fsp3) is 0. The Balaban J connectivity index is 2.56. The van der Waals surface area contributed by atoms with E-state index in [9.17, 15) is 18.0 Å². The molecule has 2 rings (SSSR count). The third kappa shape index (κ3) is 2.74. The molecule has 0 unspecified atom stereocenters. The molecule has 0 atom stereocenters. The standard InChI is InChI=1S/C13H5Cl2F3O/c14-6-1-2-9(15)7(3-6)13(19)8-4-11(17)12(18)5-10(8)16/h1-5H. The summed E-state index contributed by atoms with van der Waals surface area (Å²) in [5.41, 5.74) is -0.692. The van der Waals surface area contributed by atoms with Crippen LogP contribution in [0.1, 0.15) is 15.9 Å². The van der Waals surface area contributed by atoms with E-state index in [2.05, 4.69) is 0 Å². The van der Waals surface area contributed by atoms with Crippen LogP contribution in [0.15, 0.2) is 30.3 Å². The number of halogens is 5. The number of benzene rings is 2. The summed E-state index contributed by atoms with van der Waals surface area (Å²) >= 11 is 11.5. The van der Waals surface area contributed by atoms with Crippen LogP contribution in [0, 0.1) is 17.5 Å². The first-order chi connectivity index (χ1) is 8.90. The van der Waals surface area contributed by atoms with Gasteiger partial charge in [-0.05, 0) is 24.3 Å². The summed E-state index contributed by atoms with van der Waals surface area (Å²) in [5, 5.41) is 0.259. The van der Waals surface area contributed by atoms with Gasteiger partial charge >= 0.3 is 0 Å². The molecule has 0 aliphatic carbocycles. The zero-order valence-electron chi connectivity index (χ0n) is 9.18. The van der Waals surface area contributed by atoms with Crippen LogP contribution in [-0.4, -0.2) is 5.78 Å². The van der Waals surface area contributed by atoms with E-state index in [1.165, 1.54) is 18.2 Å². The van der Waals surface area contributed by atoms with E-state index in [-0.39, 0.29) is 15.6 Å². The Morgan fingerprint density at radius 3 is 2.16 bits per heavy atom. The fourth-order valence-corrected chi connectivity index (χ4v) is 1.89. The van der Waals surface area contributed by atoms with Gasteiger partial charge in [0.15, 0.2) is 17.4 Å². The van der Waals surface area contributed by atoms with Crippen LogP contribution in [0.4, 0.5) is 13.2 Å². The van der Waals surface area contributed by atoms with Crippen LogP contribution in [-0.2, 0) is 0 Å². The van der Waals surface area contributed by atoms with Crippen LogP contribution < -0.4 is 0 Å². The Bertz CT molecular complexity index is 671. The van der Waals surface area contributed by atoms with Crippen LogP contribution in [0.3, 0.4) is 0 Å². The van der Waals surface area contributed by atoms with Gasteiger partial charge in [0.2, 0.25) is 0 Å². The van der Waals surface area contributed by atoms with Gasteiger partial charge in [-0.15, -0.1) is 0 Å². The molecule has 0 radical (unpaired) electrons. The predicted octanol–water partition coefficient (Wildman–Crippen LogP) is 4.64. The number of hydrogen-bond donors (Lipinski definition) is 0. The number of carbonyl (C=O) groups excluding carboxylic acids is 1. The van der Waals surface area contributed by atoms with Crippen molar-refractivity contribution >= 4 is 29.0 Å². The summed E-state index contributed by atoms with van der Waals surface area (Å²) in [6.45, 7) is 0. The predicted molar refractivity (Wildman–Crippen MR) is 66.2 cm³/mol. The average Bonchev–Trinajstić information content (AvgIpc) is 2.36. The molecule has 0 saturated heterocycles. The summed E-state index contributed by atoms with van der Waals surface area (Å²) in [7, 11) is 0. The molecular formula is C13H5Cl2F3O. The first kappa shape index (κ1) is 13.9. The van der Waals surface area contributed by atoms with Gasteiger partial charge in [-0.25, -0.2) is 13.2 Å². The van der Waals surface area contributed by atoms with E-state index in [0.29, 0.717) is 12.1 Å². The van der Waals surface area contributed by atoms with Gasteiger partial charge in [0.1, 0.15) is 5.82 Å². The largest absolute Gasteiger partial charge is 0.288 e. The Morgan fingerprint density at radius 2 is 1.47 bits per heavy atom. The highest BCUT2D eigenvalue weighted by atomic mass is 35.5. The van der Waals surface area contributed by atoms with Gasteiger partial charge in [-0.1, -0.05) is 23.2 Å². The zero-order valence-corrected chi connectivity index (χ0v) is 10.7. The van der Waals surface area contributed by atoms with Crippen LogP contribution in [0.2, 0.25) is 10.0 Å². The minimum absolute atomic E-state index is 0.0403. The number of ketones is 1. The quantitative estimate of drug-likeness (QED) is 0.583. The normalized spacial score (nSPS) is 10.6. The molecule has 0 spiro atoms. The molecule has 0 fully saturated rings. The lowest BCUT2D eigenvalue weighted by molar-refractivity contribution is 0.103. The summed E-state index contributed by atoms with van der Waals surface area (Å²) in [6.07, 6.45) is 0. The summed E-state index contributed by atoms with van der Waals surface area (Å²) < 4.78 is 39.4. The van der Waals surface area contributed by atoms with Crippen molar-refractivity contribution in [3.63, 3.8) is 0 Å². The molecule has 0 saturated carbocycles. The van der Waals surface area contributed by atoms with Gasteiger partial charge in [-0.2, -0.15) is 0 Å². The monoisotopic (exact) mass is 304 g/mol. The third-order valence-corrected chi connectivity index (χ3v) is 2.99. The van der Waals surface area contributed by atoms with Gasteiger partial charge in [-0.3, -0.25) is 4.79 Å². The molecule has 0 aromatic heterocycles. The zero-order chi connectivity index (χ0) is 14.2. The molecule has 1 nitrogen and oxygen atoms in total. The molecule has 6 heteroatoms. The van der Waals surface area contributed by atoms with Crippen LogP contribution in [0.25, 0.3) is 0 Å². The molecule has 0 amide bonds. The average molecular weight is 305 g/mol. The Hall–Kier alpha value is -1.52. The Labute approximate surface area is 116 Å². The Kier molecular flexibility index (Phi) is 3.83. The molecule has 0 aliphatic heterocycles. The second-order valence-corrected chi connectivity index (χ2v) is 4.54. The van der Waals surface area contributed by atoms with E-state index < -0.39 is 28.8 Å². The molecule has 0 heterocycles. The van der Waals surface area contributed by atoms with Crippen molar-refractivity contribution in [2.24, 2.45) is 0 Å². The van der Waals surface area contributed by atoms with Gasteiger partial charge in [0.25, 0.3) is 0 Å². The van der Waals surface area contributed by atoms with Gasteiger partial charge in [0, 0.05) is 16.7 Å². The fourth-order valence-electron chi connectivity index (χ4n) is 1.51. The summed E-state index contributed by atoms with van der Waals surface area (Å²) in [6, 6.07) is 4.83. The molecule has 0 aliphatic rings. The number of rotatable bonds is 2. The van der Waals surface area contributed by atoms with Gasteiger partial charge in [0.05, 0.1) is 10.6 Å². The van der Waals surface area contributed by atoms with Crippen molar-refractivity contribution in [2.75, 3.05) is 0 Å². The molecule has 98 valence electrons. The van der Waals surface area contributed by atoms with Crippen molar-refractivity contribution in [1.82, 2.24) is 0 Å². The molecule has 2 aromatic rings. The minimum atomic E-state index is -1.37. The van der Waals surface area contributed by atoms with Crippen molar-refractivity contribution in [3.8, 4) is 0 Å². The molecular weight excluding hydrogens is 300 g/mol. The van der Waals surface area contributed by atoms with Crippen LogP contribution in [0.5, 0.6) is 0 Å². The lowest BCUT2D eigenvalue weighted by Crippen LogP contribution is -2.07. The smallest absolute Gasteiger partial charge is 0.197 e. The summed E-state index contributed by atoms with van der Waals surface area (Å²) in [4.78, 5) is 12.0. The first-order valence-corrected chi connectivity index (χ1v) is 5.80. The second-order valence-electron chi connectivity index (χ2n) is 3.70. The van der Waals surface area contributed by atoms with Crippen molar-refractivity contribution < 1.29 is 18.0 Å². The molecule has 0 bridgehead atoms. The number of carbonyl (C=O) groups is 1. The van der Waals surface area contributed by atoms with E-state index in [4.69, 9.17) is 23.2 Å². The van der Waals surface area contributed by atoms with Crippen molar-refractivity contribution in [1.29, 1.82) is 0 Å². The maximum atomic E-state index is 13.5. The molecule has 19 heavy (non-hydrogen) atoms. The SMILES string of the molecule is O=C(c1cc(F)c(F)cc1F)c1cc(Cl)ccc1Cl. The van der Waals surface area contributed by atoms with E-state index in [1.807, 2.05) is 0 Å².